The fourth-order valence-corrected chi connectivity index (χ4v) is 3.11. The maximum Gasteiger partial charge on any atom is 0.227 e. The molecule has 11 heteroatoms. The summed E-state index contributed by atoms with van der Waals surface area (Å²) >= 11 is 0. The Bertz CT molecular complexity index is 1230. The van der Waals surface area contributed by atoms with Crippen molar-refractivity contribution in [3.05, 3.63) is 60.9 Å². The summed E-state index contributed by atoms with van der Waals surface area (Å²) in [6, 6.07) is 7.39. The summed E-state index contributed by atoms with van der Waals surface area (Å²) in [7, 11) is 0. The van der Waals surface area contributed by atoms with Crippen molar-refractivity contribution in [2.75, 3.05) is 11.9 Å². The second kappa shape index (κ2) is 9.88. The van der Waals surface area contributed by atoms with Gasteiger partial charge in [0.1, 0.15) is 17.9 Å². The largest absolute Gasteiger partial charge is 0.487 e. The molecule has 3 aromatic heterocycles. The Balaban J connectivity index is 1.47. The first kappa shape index (κ1) is 21.9. The van der Waals surface area contributed by atoms with Crippen LogP contribution in [0.2, 0.25) is 0 Å². The Hall–Kier alpha value is -4.30. The minimum atomic E-state index is -0.239. The van der Waals surface area contributed by atoms with Gasteiger partial charge in [-0.15, -0.1) is 0 Å². The molecule has 0 amide bonds. The molecular formula is C22H23N9O2. The lowest BCUT2D eigenvalue weighted by atomic mass is 10.1. The molecule has 0 aliphatic carbocycles. The van der Waals surface area contributed by atoms with Gasteiger partial charge < -0.3 is 15.2 Å². The van der Waals surface area contributed by atoms with Crippen LogP contribution in [0.4, 0.5) is 11.6 Å². The first-order chi connectivity index (χ1) is 16.1. The minimum Gasteiger partial charge on any atom is -0.487 e. The maximum absolute atomic E-state index is 9.46. The summed E-state index contributed by atoms with van der Waals surface area (Å²) in [5, 5.41) is 34.2. The van der Waals surface area contributed by atoms with Crippen molar-refractivity contribution in [3.8, 4) is 22.9 Å². The fraction of sp³-hybridized carbons (Fsp3) is 0.273. The van der Waals surface area contributed by atoms with Crippen molar-refractivity contribution in [3.63, 3.8) is 0 Å². The summed E-state index contributed by atoms with van der Waals surface area (Å²) in [5.41, 5.74) is 2.76. The smallest absolute Gasteiger partial charge is 0.227 e. The number of benzene rings is 1. The quantitative estimate of drug-likeness (QED) is 0.398. The number of rotatable bonds is 9. The zero-order valence-electron chi connectivity index (χ0n) is 18.2. The summed E-state index contributed by atoms with van der Waals surface area (Å²) in [6.45, 7) is 4.22. The molecule has 1 aromatic carbocycles. The molecule has 11 nitrogen and oxygen atoms in total. The van der Waals surface area contributed by atoms with Crippen LogP contribution in [-0.4, -0.2) is 52.6 Å². The van der Waals surface area contributed by atoms with Gasteiger partial charge in [-0.1, -0.05) is 6.07 Å². The Morgan fingerprint density at radius 1 is 1.09 bits per heavy atom. The highest BCUT2D eigenvalue weighted by atomic mass is 16.5. The van der Waals surface area contributed by atoms with Crippen molar-refractivity contribution < 1.29 is 9.84 Å². The molecule has 2 unspecified atom stereocenters. The fourth-order valence-electron chi connectivity index (χ4n) is 3.11. The molecule has 0 bridgehead atoms. The van der Waals surface area contributed by atoms with E-state index in [1.54, 1.807) is 54.0 Å². The molecule has 0 aliphatic heterocycles. The molecule has 168 valence electrons. The SMILES string of the molecule is CC(Cn1nccn1)Oc1cc(-c2cnc(Nc3cnn(C(C)CO)c3)nc2)ccc1C#N. The van der Waals surface area contributed by atoms with E-state index in [4.69, 9.17) is 4.74 Å². The number of ether oxygens (including phenoxy) is 1. The van der Waals surface area contributed by atoms with E-state index < -0.39 is 0 Å². The number of aliphatic hydroxyl groups excluding tert-OH is 1. The lowest BCUT2D eigenvalue weighted by molar-refractivity contribution is 0.186. The highest BCUT2D eigenvalue weighted by Gasteiger charge is 2.13. The summed E-state index contributed by atoms with van der Waals surface area (Å²) in [6.07, 6.45) is 9.78. The van der Waals surface area contributed by atoms with Crippen molar-refractivity contribution in [2.45, 2.75) is 32.5 Å². The molecule has 0 aliphatic rings. The van der Waals surface area contributed by atoms with Crippen LogP contribution in [0.3, 0.4) is 0 Å². The van der Waals surface area contributed by atoms with E-state index in [-0.39, 0.29) is 18.8 Å². The molecular weight excluding hydrogens is 422 g/mol. The highest BCUT2D eigenvalue weighted by Crippen LogP contribution is 2.28. The van der Waals surface area contributed by atoms with Gasteiger partial charge in [-0.25, -0.2) is 9.97 Å². The van der Waals surface area contributed by atoms with E-state index >= 15 is 0 Å². The van der Waals surface area contributed by atoms with Crippen LogP contribution >= 0.6 is 0 Å². The van der Waals surface area contributed by atoms with Crippen LogP contribution in [0.1, 0.15) is 25.5 Å². The van der Waals surface area contributed by atoms with Gasteiger partial charge >= 0.3 is 0 Å². The van der Waals surface area contributed by atoms with Crippen molar-refractivity contribution in [1.82, 2.24) is 34.7 Å². The molecule has 4 rings (SSSR count). The van der Waals surface area contributed by atoms with Gasteiger partial charge in [-0.05, 0) is 31.5 Å². The van der Waals surface area contributed by atoms with E-state index in [2.05, 4.69) is 36.7 Å². The lowest BCUT2D eigenvalue weighted by Gasteiger charge is -2.16. The Morgan fingerprint density at radius 3 is 2.55 bits per heavy atom. The number of hydrogen-bond acceptors (Lipinski definition) is 9. The van der Waals surface area contributed by atoms with Crippen LogP contribution in [0, 0.1) is 11.3 Å². The topological polar surface area (TPSA) is 140 Å². The second-order valence-electron chi connectivity index (χ2n) is 7.50. The molecule has 0 fully saturated rings. The maximum atomic E-state index is 9.46. The summed E-state index contributed by atoms with van der Waals surface area (Å²) < 4.78 is 7.67. The molecule has 2 atom stereocenters. The summed E-state index contributed by atoms with van der Waals surface area (Å²) in [4.78, 5) is 10.3. The number of nitrogens with one attached hydrogen (secondary N) is 1. The molecule has 3 heterocycles. The molecule has 33 heavy (non-hydrogen) atoms. The average molecular weight is 445 g/mol. The zero-order valence-corrected chi connectivity index (χ0v) is 18.2. The number of hydrogen-bond donors (Lipinski definition) is 2. The van der Waals surface area contributed by atoms with Gasteiger partial charge in [-0.3, -0.25) is 4.68 Å². The number of aromatic nitrogens is 7. The standard InChI is InChI=1S/C22H23N9O2/c1-15(14-32)30-13-20(11-28-30)29-22-24-9-19(10-25-22)17-3-4-18(8-23)21(7-17)33-16(2)12-31-26-5-6-27-31/h3-7,9-11,13,15-16,32H,12,14H2,1-2H3,(H,24,25,29). The molecule has 0 spiro atoms. The molecule has 0 radical (unpaired) electrons. The van der Waals surface area contributed by atoms with Crippen molar-refractivity contribution >= 4 is 11.6 Å². The van der Waals surface area contributed by atoms with Gasteiger partial charge in [-0.2, -0.15) is 25.4 Å². The molecule has 0 saturated heterocycles. The average Bonchev–Trinajstić information content (AvgIpc) is 3.51. The third kappa shape index (κ3) is 5.31. The first-order valence-corrected chi connectivity index (χ1v) is 10.3. The van der Waals surface area contributed by atoms with E-state index in [0.29, 0.717) is 23.8 Å². The van der Waals surface area contributed by atoms with Crippen LogP contribution < -0.4 is 10.1 Å². The number of nitrogens with zero attached hydrogens (tertiary/aromatic N) is 8. The normalized spacial score (nSPS) is 12.7. The van der Waals surface area contributed by atoms with E-state index in [0.717, 1.165) is 16.8 Å². The predicted molar refractivity (Wildman–Crippen MR) is 120 cm³/mol. The predicted octanol–water partition coefficient (Wildman–Crippen LogP) is 2.57. The molecule has 0 saturated carbocycles. The monoisotopic (exact) mass is 445 g/mol. The number of anilines is 2. The van der Waals surface area contributed by atoms with E-state index in [1.165, 1.54) is 4.80 Å². The van der Waals surface area contributed by atoms with Crippen LogP contribution in [0.25, 0.3) is 11.1 Å². The Labute approximate surface area is 190 Å². The Kier molecular flexibility index (Phi) is 6.56. The minimum absolute atomic E-state index is 0.00151. The third-order valence-electron chi connectivity index (χ3n) is 4.88. The first-order valence-electron chi connectivity index (χ1n) is 10.3. The van der Waals surface area contributed by atoms with Gasteiger partial charge in [0, 0.05) is 24.2 Å². The second-order valence-corrected chi connectivity index (χ2v) is 7.50. The highest BCUT2D eigenvalue weighted by molar-refractivity contribution is 5.66. The molecule has 2 N–H and O–H groups in total. The molecule has 4 aromatic rings. The van der Waals surface area contributed by atoms with E-state index in [9.17, 15) is 10.4 Å². The zero-order chi connectivity index (χ0) is 23.2. The van der Waals surface area contributed by atoms with Gasteiger partial charge in [0.05, 0.1) is 49.0 Å². The van der Waals surface area contributed by atoms with Crippen LogP contribution in [0.5, 0.6) is 5.75 Å². The van der Waals surface area contributed by atoms with Gasteiger partial charge in [0.25, 0.3) is 0 Å². The van der Waals surface area contributed by atoms with Crippen LogP contribution in [-0.2, 0) is 6.54 Å². The van der Waals surface area contributed by atoms with Crippen LogP contribution in [0.15, 0.2) is 55.4 Å². The Morgan fingerprint density at radius 2 is 1.85 bits per heavy atom. The number of aliphatic hydroxyl groups is 1. The van der Waals surface area contributed by atoms with Crippen molar-refractivity contribution in [1.29, 1.82) is 5.26 Å². The number of nitriles is 1. The van der Waals surface area contributed by atoms with Crippen molar-refractivity contribution in [2.24, 2.45) is 0 Å². The lowest BCUT2D eigenvalue weighted by Crippen LogP contribution is -2.21. The van der Waals surface area contributed by atoms with Gasteiger partial charge in [0.15, 0.2) is 0 Å². The third-order valence-corrected chi connectivity index (χ3v) is 4.88. The van der Waals surface area contributed by atoms with E-state index in [1.807, 2.05) is 19.9 Å². The van der Waals surface area contributed by atoms with Gasteiger partial charge in [0.2, 0.25) is 5.95 Å². The summed E-state index contributed by atoms with van der Waals surface area (Å²) in [5.74, 6) is 0.891.